The first-order chi connectivity index (χ1) is 7.92. The Hall–Kier alpha value is -0.610. The standard InChI is InChI=1S/C13H26N2O2/c1-5-11-8-7-10(3)15(11)9-13(4,14)12(16)17-6-2/h10-11H,5-9,14H2,1-4H3. The predicted molar refractivity (Wildman–Crippen MR) is 68.7 cm³/mol. The largest absolute Gasteiger partial charge is 0.465 e. The van der Waals surface area contributed by atoms with Crippen LogP contribution in [0.5, 0.6) is 0 Å². The zero-order chi connectivity index (χ0) is 13.1. The summed E-state index contributed by atoms with van der Waals surface area (Å²) in [6, 6.07) is 1.07. The van der Waals surface area contributed by atoms with Crippen molar-refractivity contribution in [3.05, 3.63) is 0 Å². The smallest absolute Gasteiger partial charge is 0.327 e. The van der Waals surface area contributed by atoms with Crippen molar-refractivity contribution in [1.29, 1.82) is 0 Å². The third-order valence-corrected chi connectivity index (χ3v) is 3.68. The van der Waals surface area contributed by atoms with Crippen LogP contribution in [0.25, 0.3) is 0 Å². The molecule has 0 spiro atoms. The van der Waals surface area contributed by atoms with E-state index >= 15 is 0 Å². The molecule has 3 atom stereocenters. The van der Waals surface area contributed by atoms with Crippen molar-refractivity contribution in [2.24, 2.45) is 5.73 Å². The minimum atomic E-state index is -0.901. The molecule has 0 aromatic rings. The maximum Gasteiger partial charge on any atom is 0.327 e. The Balaban J connectivity index is 2.65. The van der Waals surface area contributed by atoms with Gasteiger partial charge in [-0.2, -0.15) is 0 Å². The van der Waals surface area contributed by atoms with E-state index < -0.39 is 5.54 Å². The number of nitrogens with zero attached hydrogens (tertiary/aromatic N) is 1. The lowest BCUT2D eigenvalue weighted by Crippen LogP contribution is -2.56. The molecule has 2 N–H and O–H groups in total. The molecule has 0 aromatic carbocycles. The van der Waals surface area contributed by atoms with Crippen molar-refractivity contribution >= 4 is 5.97 Å². The van der Waals surface area contributed by atoms with Crippen LogP contribution in [0.3, 0.4) is 0 Å². The van der Waals surface area contributed by atoms with Crippen LogP contribution in [-0.4, -0.2) is 41.6 Å². The summed E-state index contributed by atoms with van der Waals surface area (Å²) in [5.74, 6) is -0.297. The van der Waals surface area contributed by atoms with Crippen molar-refractivity contribution in [2.45, 2.75) is 64.6 Å². The highest BCUT2D eigenvalue weighted by atomic mass is 16.5. The Kier molecular flexibility index (Phi) is 4.95. The summed E-state index contributed by atoms with van der Waals surface area (Å²) in [6.45, 7) is 8.94. The number of rotatable bonds is 5. The van der Waals surface area contributed by atoms with E-state index in [1.54, 1.807) is 13.8 Å². The predicted octanol–water partition coefficient (Wildman–Crippen LogP) is 1.53. The molecule has 0 aromatic heterocycles. The Morgan fingerprint density at radius 1 is 1.47 bits per heavy atom. The molecule has 0 aliphatic carbocycles. The molecular formula is C13H26N2O2. The third kappa shape index (κ3) is 3.42. The fourth-order valence-electron chi connectivity index (χ4n) is 2.59. The molecule has 1 saturated heterocycles. The quantitative estimate of drug-likeness (QED) is 0.743. The maximum absolute atomic E-state index is 11.8. The van der Waals surface area contributed by atoms with Crippen LogP contribution in [0.15, 0.2) is 0 Å². The lowest BCUT2D eigenvalue weighted by molar-refractivity contribution is -0.150. The van der Waals surface area contributed by atoms with Gasteiger partial charge in [-0.3, -0.25) is 9.69 Å². The second-order valence-corrected chi connectivity index (χ2v) is 5.30. The van der Waals surface area contributed by atoms with Gasteiger partial charge in [-0.1, -0.05) is 6.92 Å². The van der Waals surface area contributed by atoms with Crippen molar-refractivity contribution in [2.75, 3.05) is 13.2 Å². The first-order valence-electron chi connectivity index (χ1n) is 6.64. The molecule has 1 heterocycles. The summed E-state index contributed by atoms with van der Waals surface area (Å²) in [7, 11) is 0. The van der Waals surface area contributed by atoms with Gasteiger partial charge in [0, 0.05) is 18.6 Å². The number of hydrogen-bond acceptors (Lipinski definition) is 4. The topological polar surface area (TPSA) is 55.6 Å². The molecule has 1 rings (SSSR count). The summed E-state index contributed by atoms with van der Waals surface area (Å²) in [4.78, 5) is 14.1. The molecule has 100 valence electrons. The highest BCUT2D eigenvalue weighted by Crippen LogP contribution is 2.27. The monoisotopic (exact) mass is 242 g/mol. The zero-order valence-corrected chi connectivity index (χ0v) is 11.5. The van der Waals surface area contributed by atoms with Crippen LogP contribution in [0, 0.1) is 0 Å². The van der Waals surface area contributed by atoms with E-state index in [9.17, 15) is 4.79 Å². The highest BCUT2D eigenvalue weighted by Gasteiger charge is 2.38. The Morgan fingerprint density at radius 2 is 2.12 bits per heavy atom. The van der Waals surface area contributed by atoms with E-state index in [4.69, 9.17) is 10.5 Å². The number of nitrogens with two attached hydrogens (primary N) is 1. The molecule has 4 heteroatoms. The minimum absolute atomic E-state index is 0.297. The normalized spacial score (nSPS) is 29.0. The van der Waals surface area contributed by atoms with Gasteiger partial charge in [-0.15, -0.1) is 0 Å². The van der Waals surface area contributed by atoms with Crippen LogP contribution in [0.1, 0.15) is 47.0 Å². The van der Waals surface area contributed by atoms with E-state index in [1.807, 2.05) is 0 Å². The van der Waals surface area contributed by atoms with Crippen LogP contribution in [0.2, 0.25) is 0 Å². The maximum atomic E-state index is 11.8. The Labute approximate surface area is 104 Å². The van der Waals surface area contributed by atoms with E-state index in [0.717, 1.165) is 6.42 Å². The second kappa shape index (κ2) is 5.83. The third-order valence-electron chi connectivity index (χ3n) is 3.68. The molecule has 0 amide bonds. The number of hydrogen-bond donors (Lipinski definition) is 1. The minimum Gasteiger partial charge on any atom is -0.465 e. The number of carbonyl (C=O) groups excluding carboxylic acids is 1. The fourth-order valence-corrected chi connectivity index (χ4v) is 2.59. The summed E-state index contributed by atoms with van der Waals surface area (Å²) in [5, 5.41) is 0. The van der Waals surface area contributed by atoms with Gasteiger partial charge in [0.1, 0.15) is 5.54 Å². The molecule has 1 aliphatic rings. The molecule has 17 heavy (non-hydrogen) atoms. The average molecular weight is 242 g/mol. The number of carbonyl (C=O) groups is 1. The molecule has 3 unspecified atom stereocenters. The van der Waals surface area contributed by atoms with Crippen LogP contribution < -0.4 is 5.73 Å². The van der Waals surface area contributed by atoms with Crippen molar-refractivity contribution in [1.82, 2.24) is 4.90 Å². The zero-order valence-electron chi connectivity index (χ0n) is 11.5. The van der Waals surface area contributed by atoms with Gasteiger partial charge in [-0.25, -0.2) is 0 Å². The van der Waals surface area contributed by atoms with E-state index in [0.29, 0.717) is 25.2 Å². The van der Waals surface area contributed by atoms with Gasteiger partial charge in [0.15, 0.2) is 0 Å². The van der Waals surface area contributed by atoms with E-state index in [2.05, 4.69) is 18.7 Å². The van der Waals surface area contributed by atoms with Gasteiger partial charge in [0.05, 0.1) is 6.61 Å². The Morgan fingerprint density at radius 3 is 2.65 bits per heavy atom. The molecule has 4 nitrogen and oxygen atoms in total. The Bertz CT molecular complexity index is 266. The van der Waals surface area contributed by atoms with Crippen molar-refractivity contribution < 1.29 is 9.53 Å². The molecular weight excluding hydrogens is 216 g/mol. The summed E-state index contributed by atoms with van der Waals surface area (Å²) in [6.07, 6.45) is 3.51. The highest BCUT2D eigenvalue weighted by molar-refractivity contribution is 5.80. The first-order valence-corrected chi connectivity index (χ1v) is 6.64. The van der Waals surface area contributed by atoms with Gasteiger partial charge >= 0.3 is 5.97 Å². The van der Waals surface area contributed by atoms with E-state index in [1.165, 1.54) is 12.8 Å². The molecule has 1 aliphatic heterocycles. The lowest BCUT2D eigenvalue weighted by atomic mass is 10.0. The van der Waals surface area contributed by atoms with Gasteiger partial charge in [0.2, 0.25) is 0 Å². The van der Waals surface area contributed by atoms with Crippen molar-refractivity contribution in [3.63, 3.8) is 0 Å². The number of ether oxygens (including phenoxy) is 1. The summed E-state index contributed by atoms with van der Waals surface area (Å²) < 4.78 is 5.03. The van der Waals surface area contributed by atoms with Gasteiger partial charge in [0.25, 0.3) is 0 Å². The van der Waals surface area contributed by atoms with Crippen LogP contribution in [-0.2, 0) is 9.53 Å². The molecule has 1 fully saturated rings. The number of likely N-dealkylation sites (tertiary alicyclic amines) is 1. The lowest BCUT2D eigenvalue weighted by Gasteiger charge is -2.34. The molecule has 0 saturated carbocycles. The van der Waals surface area contributed by atoms with Crippen LogP contribution >= 0.6 is 0 Å². The summed E-state index contributed by atoms with van der Waals surface area (Å²) >= 11 is 0. The number of esters is 1. The van der Waals surface area contributed by atoms with Crippen molar-refractivity contribution in [3.8, 4) is 0 Å². The fraction of sp³-hybridized carbons (Fsp3) is 0.923. The van der Waals surface area contributed by atoms with E-state index in [-0.39, 0.29) is 5.97 Å². The molecule has 0 radical (unpaired) electrons. The summed E-state index contributed by atoms with van der Waals surface area (Å²) in [5.41, 5.74) is 5.19. The first kappa shape index (κ1) is 14.5. The second-order valence-electron chi connectivity index (χ2n) is 5.30. The van der Waals surface area contributed by atoms with Gasteiger partial charge in [-0.05, 0) is 40.0 Å². The van der Waals surface area contributed by atoms with Gasteiger partial charge < -0.3 is 10.5 Å². The van der Waals surface area contributed by atoms with Crippen LogP contribution in [0.4, 0.5) is 0 Å². The molecule has 0 bridgehead atoms. The SMILES string of the molecule is CCOC(=O)C(C)(N)CN1C(C)CCC1CC. The average Bonchev–Trinajstić information content (AvgIpc) is 2.60.